The maximum absolute atomic E-state index is 13.9. The van der Waals surface area contributed by atoms with Gasteiger partial charge in [-0.25, -0.2) is 18.4 Å². The van der Waals surface area contributed by atoms with Gasteiger partial charge in [0.1, 0.15) is 0 Å². The van der Waals surface area contributed by atoms with Crippen LogP contribution < -0.4 is 0 Å². The van der Waals surface area contributed by atoms with Gasteiger partial charge >= 0.3 is 11.9 Å². The number of carbonyl (C=O) groups is 2. The fraction of sp³-hybridized carbons (Fsp3) is 0.400. The van der Waals surface area contributed by atoms with Crippen molar-refractivity contribution < 1.29 is 28.6 Å². The van der Waals surface area contributed by atoms with Crippen molar-refractivity contribution in [1.82, 2.24) is 0 Å². The Balaban J connectivity index is 3.41. The third-order valence-electron chi connectivity index (χ3n) is 2.63. The van der Waals surface area contributed by atoms with Crippen LogP contribution in [0.4, 0.5) is 8.78 Å². The number of aliphatic carboxylic acids is 2. The van der Waals surface area contributed by atoms with Crippen LogP contribution in [-0.4, -0.2) is 33.5 Å². The summed E-state index contributed by atoms with van der Waals surface area (Å²) in [6.45, 7) is 1.56. The summed E-state index contributed by atoms with van der Waals surface area (Å²) in [6.07, 6.45) is 1.20. The van der Waals surface area contributed by atoms with Gasteiger partial charge in [0.2, 0.25) is 0 Å². The van der Waals surface area contributed by atoms with Crippen molar-refractivity contribution in [2.24, 2.45) is 0 Å². The standard InChI is InChI=1S/C10H10F2O4/c1-9(11)4-5(7(13)14)3-6(8(15)16)10(9,2)12/h3-4H,1-2H3,(H,13,14)(H,15,16). The molecule has 0 amide bonds. The first kappa shape index (κ1) is 12.4. The predicted molar refractivity (Wildman–Crippen MR) is 50.5 cm³/mol. The van der Waals surface area contributed by atoms with Crippen LogP contribution in [0.25, 0.3) is 0 Å². The molecule has 0 aromatic heterocycles. The van der Waals surface area contributed by atoms with Gasteiger partial charge in [0.25, 0.3) is 0 Å². The third kappa shape index (κ3) is 1.70. The lowest BCUT2D eigenvalue weighted by Crippen LogP contribution is -2.47. The Labute approximate surface area is 89.9 Å². The summed E-state index contributed by atoms with van der Waals surface area (Å²) in [6, 6.07) is 0. The van der Waals surface area contributed by atoms with E-state index in [1.807, 2.05) is 0 Å². The molecule has 0 saturated heterocycles. The highest BCUT2D eigenvalue weighted by atomic mass is 19.2. The second-order valence-electron chi connectivity index (χ2n) is 3.85. The van der Waals surface area contributed by atoms with Crippen LogP contribution in [0.5, 0.6) is 0 Å². The van der Waals surface area contributed by atoms with Crippen LogP contribution in [0.2, 0.25) is 0 Å². The smallest absolute Gasteiger partial charge is 0.335 e. The van der Waals surface area contributed by atoms with Crippen molar-refractivity contribution in [3.8, 4) is 0 Å². The fourth-order valence-corrected chi connectivity index (χ4v) is 1.41. The molecule has 0 fully saturated rings. The number of carboxylic acids is 2. The first-order chi connectivity index (χ1) is 7.09. The molecule has 4 nitrogen and oxygen atoms in total. The van der Waals surface area contributed by atoms with Gasteiger partial charge in [0, 0.05) is 0 Å². The molecule has 1 rings (SSSR count). The Morgan fingerprint density at radius 2 is 1.69 bits per heavy atom. The van der Waals surface area contributed by atoms with E-state index in [0.29, 0.717) is 12.2 Å². The fourth-order valence-electron chi connectivity index (χ4n) is 1.41. The van der Waals surface area contributed by atoms with E-state index < -0.39 is 34.4 Å². The molecule has 0 saturated carbocycles. The van der Waals surface area contributed by atoms with Crippen LogP contribution in [0, 0.1) is 0 Å². The molecule has 2 atom stereocenters. The molecule has 0 heterocycles. The van der Waals surface area contributed by atoms with E-state index in [-0.39, 0.29) is 0 Å². The number of hydrogen-bond acceptors (Lipinski definition) is 2. The second kappa shape index (κ2) is 3.40. The Morgan fingerprint density at radius 3 is 2.06 bits per heavy atom. The summed E-state index contributed by atoms with van der Waals surface area (Å²) in [5.41, 5.74) is -6.92. The summed E-state index contributed by atoms with van der Waals surface area (Å²) in [7, 11) is 0. The highest BCUT2D eigenvalue weighted by molar-refractivity contribution is 5.97. The average molecular weight is 232 g/mol. The van der Waals surface area contributed by atoms with Crippen LogP contribution in [-0.2, 0) is 9.59 Å². The molecule has 88 valence electrons. The Kier molecular flexibility index (Phi) is 2.62. The van der Waals surface area contributed by atoms with Gasteiger partial charge in [0.15, 0.2) is 11.3 Å². The van der Waals surface area contributed by atoms with E-state index in [1.54, 1.807) is 0 Å². The Morgan fingerprint density at radius 1 is 1.19 bits per heavy atom. The Bertz CT molecular complexity index is 419. The van der Waals surface area contributed by atoms with Crippen molar-refractivity contribution in [1.29, 1.82) is 0 Å². The highest BCUT2D eigenvalue weighted by Crippen LogP contribution is 2.42. The zero-order valence-corrected chi connectivity index (χ0v) is 8.62. The highest BCUT2D eigenvalue weighted by Gasteiger charge is 2.52. The van der Waals surface area contributed by atoms with E-state index in [0.717, 1.165) is 13.8 Å². The monoisotopic (exact) mass is 232 g/mol. The predicted octanol–water partition coefficient (Wildman–Crippen LogP) is 1.48. The van der Waals surface area contributed by atoms with Crippen molar-refractivity contribution in [3.63, 3.8) is 0 Å². The van der Waals surface area contributed by atoms with Gasteiger partial charge in [-0.05, 0) is 26.0 Å². The molecule has 2 N–H and O–H groups in total. The topological polar surface area (TPSA) is 74.6 Å². The molecular formula is C10H10F2O4. The number of alkyl halides is 2. The van der Waals surface area contributed by atoms with E-state index in [2.05, 4.69) is 0 Å². The van der Waals surface area contributed by atoms with Crippen LogP contribution in [0.3, 0.4) is 0 Å². The zero-order valence-electron chi connectivity index (χ0n) is 8.62. The quantitative estimate of drug-likeness (QED) is 0.756. The summed E-state index contributed by atoms with van der Waals surface area (Å²) in [5.74, 6) is -3.18. The molecule has 1 aliphatic carbocycles. The zero-order chi connectivity index (χ0) is 12.7. The van der Waals surface area contributed by atoms with Gasteiger partial charge in [-0.2, -0.15) is 0 Å². The summed E-state index contributed by atoms with van der Waals surface area (Å²) < 4.78 is 27.8. The molecule has 0 spiro atoms. The van der Waals surface area contributed by atoms with Gasteiger partial charge < -0.3 is 10.2 Å². The molecule has 0 radical (unpaired) electrons. The van der Waals surface area contributed by atoms with Gasteiger partial charge in [-0.3, -0.25) is 0 Å². The minimum atomic E-state index is -2.77. The van der Waals surface area contributed by atoms with Crippen LogP contribution >= 0.6 is 0 Å². The van der Waals surface area contributed by atoms with Gasteiger partial charge in [0.05, 0.1) is 11.1 Å². The molecule has 0 aliphatic heterocycles. The average Bonchev–Trinajstić information content (AvgIpc) is 2.08. The molecule has 2 unspecified atom stereocenters. The van der Waals surface area contributed by atoms with Crippen molar-refractivity contribution in [2.45, 2.75) is 25.2 Å². The van der Waals surface area contributed by atoms with Crippen LogP contribution in [0.1, 0.15) is 13.8 Å². The molecule has 0 aromatic rings. The summed E-state index contributed by atoms with van der Waals surface area (Å²) in [5, 5.41) is 17.4. The number of hydrogen-bond donors (Lipinski definition) is 2. The molecule has 0 aromatic carbocycles. The van der Waals surface area contributed by atoms with E-state index >= 15 is 0 Å². The van der Waals surface area contributed by atoms with Crippen molar-refractivity contribution in [2.75, 3.05) is 0 Å². The molecule has 6 heteroatoms. The maximum atomic E-state index is 13.9. The third-order valence-corrected chi connectivity index (χ3v) is 2.63. The number of halogens is 2. The largest absolute Gasteiger partial charge is 0.478 e. The van der Waals surface area contributed by atoms with E-state index in [9.17, 15) is 18.4 Å². The SMILES string of the molecule is CC1(F)C=C(C(=O)O)C=C(C(=O)O)C1(C)F. The number of carboxylic acid groups (broad SMARTS) is 2. The molecule has 16 heavy (non-hydrogen) atoms. The lowest BCUT2D eigenvalue weighted by atomic mass is 9.77. The summed E-state index contributed by atoms with van der Waals surface area (Å²) in [4.78, 5) is 21.4. The van der Waals surface area contributed by atoms with Gasteiger partial charge in [-0.15, -0.1) is 0 Å². The second-order valence-corrected chi connectivity index (χ2v) is 3.85. The summed E-state index contributed by atoms with van der Waals surface area (Å²) >= 11 is 0. The number of rotatable bonds is 2. The number of allylic oxidation sites excluding steroid dienone is 1. The molecular weight excluding hydrogens is 222 g/mol. The molecule has 0 bridgehead atoms. The van der Waals surface area contributed by atoms with Gasteiger partial charge in [-0.1, -0.05) is 0 Å². The normalized spacial score (nSPS) is 34.0. The molecule has 1 aliphatic rings. The minimum absolute atomic E-state index is 0.571. The lowest BCUT2D eigenvalue weighted by molar-refractivity contribution is -0.135. The van der Waals surface area contributed by atoms with Crippen molar-refractivity contribution >= 4 is 11.9 Å². The Hall–Kier alpha value is -1.72. The first-order valence-corrected chi connectivity index (χ1v) is 4.39. The first-order valence-electron chi connectivity index (χ1n) is 4.39. The van der Waals surface area contributed by atoms with Crippen LogP contribution in [0.15, 0.2) is 23.3 Å². The minimum Gasteiger partial charge on any atom is -0.478 e. The van der Waals surface area contributed by atoms with E-state index in [4.69, 9.17) is 10.2 Å². The lowest BCUT2D eigenvalue weighted by Gasteiger charge is -2.35. The van der Waals surface area contributed by atoms with E-state index in [1.165, 1.54) is 0 Å². The van der Waals surface area contributed by atoms with Crippen molar-refractivity contribution in [3.05, 3.63) is 23.3 Å². The maximum Gasteiger partial charge on any atom is 0.335 e.